The number of aliphatic hydroxyl groups excluding tert-OH is 3. The molecule has 0 saturated carbocycles. The molecule has 0 aliphatic carbocycles. The zero-order chi connectivity index (χ0) is 11.4. The summed E-state index contributed by atoms with van der Waals surface area (Å²) < 4.78 is 5.04. The minimum Gasteiger partial charge on any atom is -0.387 e. The summed E-state index contributed by atoms with van der Waals surface area (Å²) in [5.41, 5.74) is 0. The summed E-state index contributed by atoms with van der Waals surface area (Å²) >= 11 is 5.61. The molecule has 1 saturated heterocycles. The minimum absolute atomic E-state index is 0.457. The van der Waals surface area contributed by atoms with Crippen molar-refractivity contribution in [2.24, 2.45) is 0 Å². The van der Waals surface area contributed by atoms with Crippen molar-refractivity contribution in [2.45, 2.75) is 31.5 Å². The van der Waals surface area contributed by atoms with Crippen molar-refractivity contribution < 1.29 is 20.1 Å². The fourth-order valence-electron chi connectivity index (χ4n) is 1.63. The molecule has 0 radical (unpaired) electrons. The third-order valence-corrected chi connectivity index (χ3v) is 2.79. The SMILES string of the molecule is CCN(CCCl)CC1OC(O)C(O)C1O. The van der Waals surface area contributed by atoms with E-state index in [1.807, 2.05) is 11.8 Å². The van der Waals surface area contributed by atoms with Crippen LogP contribution in [0, 0.1) is 0 Å². The molecule has 0 aromatic rings. The van der Waals surface area contributed by atoms with Gasteiger partial charge in [0, 0.05) is 19.0 Å². The Bertz CT molecular complexity index is 195. The molecule has 4 atom stereocenters. The largest absolute Gasteiger partial charge is 0.387 e. The smallest absolute Gasteiger partial charge is 0.184 e. The maximum absolute atomic E-state index is 9.55. The molecule has 1 aliphatic rings. The average molecular weight is 240 g/mol. The predicted octanol–water partition coefficient (Wildman–Crippen LogP) is -1.01. The number of alkyl halides is 1. The molecule has 1 aliphatic heterocycles. The molecule has 0 amide bonds. The van der Waals surface area contributed by atoms with Crippen LogP contribution in [-0.4, -0.2) is 70.3 Å². The number of halogens is 1. The van der Waals surface area contributed by atoms with E-state index in [1.54, 1.807) is 0 Å². The second kappa shape index (κ2) is 5.98. The summed E-state index contributed by atoms with van der Waals surface area (Å²) in [6.45, 7) is 3.90. The van der Waals surface area contributed by atoms with E-state index in [9.17, 15) is 15.3 Å². The van der Waals surface area contributed by atoms with Gasteiger partial charge in [-0.05, 0) is 6.54 Å². The molecule has 6 heteroatoms. The Morgan fingerprint density at radius 2 is 1.93 bits per heavy atom. The lowest BCUT2D eigenvalue weighted by molar-refractivity contribution is -0.129. The fourth-order valence-corrected chi connectivity index (χ4v) is 1.87. The minimum atomic E-state index is -1.29. The highest BCUT2D eigenvalue weighted by Gasteiger charge is 2.42. The Morgan fingerprint density at radius 1 is 1.27 bits per heavy atom. The zero-order valence-corrected chi connectivity index (χ0v) is 9.47. The Morgan fingerprint density at radius 3 is 2.33 bits per heavy atom. The molecule has 4 unspecified atom stereocenters. The van der Waals surface area contributed by atoms with Gasteiger partial charge in [-0.15, -0.1) is 11.6 Å². The van der Waals surface area contributed by atoms with Gasteiger partial charge < -0.3 is 20.1 Å². The van der Waals surface area contributed by atoms with Crippen molar-refractivity contribution in [3.8, 4) is 0 Å². The summed E-state index contributed by atoms with van der Waals surface area (Å²) in [4.78, 5) is 1.99. The molecule has 1 rings (SSSR count). The van der Waals surface area contributed by atoms with Crippen molar-refractivity contribution in [1.29, 1.82) is 0 Å². The van der Waals surface area contributed by atoms with Crippen LogP contribution in [0.2, 0.25) is 0 Å². The van der Waals surface area contributed by atoms with E-state index in [-0.39, 0.29) is 0 Å². The van der Waals surface area contributed by atoms with Gasteiger partial charge in [0.2, 0.25) is 0 Å². The highest BCUT2D eigenvalue weighted by molar-refractivity contribution is 6.18. The Kier molecular flexibility index (Phi) is 5.25. The van der Waals surface area contributed by atoms with Crippen LogP contribution in [0.1, 0.15) is 6.92 Å². The maximum Gasteiger partial charge on any atom is 0.184 e. The summed E-state index contributed by atoms with van der Waals surface area (Å²) in [6, 6.07) is 0. The van der Waals surface area contributed by atoms with Gasteiger partial charge in [-0.1, -0.05) is 6.92 Å². The van der Waals surface area contributed by atoms with Crippen LogP contribution >= 0.6 is 11.6 Å². The molecule has 0 aromatic carbocycles. The molecule has 0 spiro atoms. The van der Waals surface area contributed by atoms with E-state index >= 15 is 0 Å². The normalized spacial score (nSPS) is 36.4. The number of ether oxygens (including phenoxy) is 1. The van der Waals surface area contributed by atoms with Gasteiger partial charge in [0.1, 0.15) is 18.3 Å². The Balaban J connectivity index is 2.44. The third kappa shape index (κ3) is 3.27. The van der Waals surface area contributed by atoms with E-state index in [0.717, 1.165) is 6.54 Å². The van der Waals surface area contributed by atoms with E-state index in [1.165, 1.54) is 0 Å². The Labute approximate surface area is 94.2 Å². The van der Waals surface area contributed by atoms with Gasteiger partial charge in [0.15, 0.2) is 6.29 Å². The van der Waals surface area contributed by atoms with Gasteiger partial charge >= 0.3 is 0 Å². The third-order valence-electron chi connectivity index (χ3n) is 2.62. The lowest BCUT2D eigenvalue weighted by Gasteiger charge is -2.24. The van der Waals surface area contributed by atoms with E-state index in [4.69, 9.17) is 16.3 Å². The monoisotopic (exact) mass is 239 g/mol. The van der Waals surface area contributed by atoms with Crippen molar-refractivity contribution in [1.82, 2.24) is 4.90 Å². The number of hydrogen-bond donors (Lipinski definition) is 3. The van der Waals surface area contributed by atoms with Gasteiger partial charge in [0.25, 0.3) is 0 Å². The number of nitrogens with zero attached hydrogens (tertiary/aromatic N) is 1. The predicted molar refractivity (Wildman–Crippen MR) is 55.7 cm³/mol. The van der Waals surface area contributed by atoms with Gasteiger partial charge in [-0.25, -0.2) is 0 Å². The van der Waals surface area contributed by atoms with Crippen LogP contribution in [0.5, 0.6) is 0 Å². The quantitative estimate of drug-likeness (QED) is 0.536. The van der Waals surface area contributed by atoms with Crippen molar-refractivity contribution in [2.75, 3.05) is 25.5 Å². The number of hydrogen-bond acceptors (Lipinski definition) is 5. The first-order chi connectivity index (χ1) is 7.10. The topological polar surface area (TPSA) is 73.2 Å². The van der Waals surface area contributed by atoms with Gasteiger partial charge in [-0.3, -0.25) is 4.90 Å². The van der Waals surface area contributed by atoms with Crippen LogP contribution in [0.15, 0.2) is 0 Å². The maximum atomic E-state index is 9.55. The molecular formula is C9H18ClNO4. The second-order valence-electron chi connectivity index (χ2n) is 3.63. The standard InChI is InChI=1S/C9H18ClNO4/c1-2-11(4-3-10)5-6-7(12)8(13)9(14)15-6/h6-9,12-14H,2-5H2,1H3. The Hall–Kier alpha value is 0.0900. The molecule has 0 bridgehead atoms. The number of aliphatic hydroxyl groups is 3. The zero-order valence-electron chi connectivity index (χ0n) is 8.71. The fraction of sp³-hybridized carbons (Fsp3) is 1.00. The molecule has 15 heavy (non-hydrogen) atoms. The molecule has 90 valence electrons. The molecule has 0 aromatic heterocycles. The molecule has 3 N–H and O–H groups in total. The van der Waals surface area contributed by atoms with E-state index in [2.05, 4.69) is 0 Å². The van der Waals surface area contributed by atoms with E-state index in [0.29, 0.717) is 19.0 Å². The highest BCUT2D eigenvalue weighted by Crippen LogP contribution is 2.20. The summed E-state index contributed by atoms with van der Waals surface area (Å²) in [6.07, 6.45) is -4.10. The van der Waals surface area contributed by atoms with Crippen LogP contribution in [0.3, 0.4) is 0 Å². The van der Waals surface area contributed by atoms with Crippen molar-refractivity contribution >= 4 is 11.6 Å². The molecule has 1 heterocycles. The lowest BCUT2D eigenvalue weighted by atomic mass is 10.1. The van der Waals surface area contributed by atoms with Gasteiger partial charge in [0.05, 0.1) is 0 Å². The first-order valence-corrected chi connectivity index (χ1v) is 5.61. The van der Waals surface area contributed by atoms with Crippen LogP contribution < -0.4 is 0 Å². The molecule has 5 nitrogen and oxygen atoms in total. The van der Waals surface area contributed by atoms with Crippen molar-refractivity contribution in [3.63, 3.8) is 0 Å². The van der Waals surface area contributed by atoms with Crippen LogP contribution in [0.25, 0.3) is 0 Å². The first kappa shape index (κ1) is 13.2. The summed E-state index contributed by atoms with van der Waals surface area (Å²) in [5, 5.41) is 28.0. The van der Waals surface area contributed by atoms with Crippen molar-refractivity contribution in [3.05, 3.63) is 0 Å². The van der Waals surface area contributed by atoms with Crippen LogP contribution in [0.4, 0.5) is 0 Å². The summed E-state index contributed by atoms with van der Waals surface area (Å²) in [7, 11) is 0. The molecule has 1 fully saturated rings. The second-order valence-corrected chi connectivity index (χ2v) is 4.01. The number of rotatable bonds is 5. The lowest BCUT2D eigenvalue weighted by Crippen LogP contribution is -2.40. The highest BCUT2D eigenvalue weighted by atomic mass is 35.5. The van der Waals surface area contributed by atoms with Crippen LogP contribution in [-0.2, 0) is 4.74 Å². The van der Waals surface area contributed by atoms with Gasteiger partial charge in [-0.2, -0.15) is 0 Å². The molecular weight excluding hydrogens is 222 g/mol. The summed E-state index contributed by atoms with van der Waals surface area (Å²) in [5.74, 6) is 0.502. The first-order valence-electron chi connectivity index (χ1n) is 5.08. The van der Waals surface area contributed by atoms with E-state index < -0.39 is 24.6 Å². The number of likely N-dealkylation sites (N-methyl/N-ethyl adjacent to an activating group) is 1. The average Bonchev–Trinajstić information content (AvgIpc) is 2.46.